The van der Waals surface area contributed by atoms with Gasteiger partial charge in [-0.05, 0) is 36.1 Å². The highest BCUT2D eigenvalue weighted by Gasteiger charge is 2.28. The summed E-state index contributed by atoms with van der Waals surface area (Å²) in [4.78, 5) is 33.8. The fraction of sp³-hybridized carbons (Fsp3) is 0.368. The van der Waals surface area contributed by atoms with Gasteiger partial charge in [0.25, 0.3) is 0 Å². The summed E-state index contributed by atoms with van der Waals surface area (Å²) in [5, 5.41) is 0. The number of hydrogen-bond donors (Lipinski definition) is 0. The van der Waals surface area contributed by atoms with Crippen molar-refractivity contribution in [2.75, 3.05) is 13.7 Å². The van der Waals surface area contributed by atoms with Crippen molar-refractivity contribution in [1.29, 1.82) is 0 Å². The van der Waals surface area contributed by atoms with E-state index in [1.54, 1.807) is 19.2 Å². The van der Waals surface area contributed by atoms with Crippen LogP contribution in [0.1, 0.15) is 53.0 Å². The summed E-state index contributed by atoms with van der Waals surface area (Å²) in [6.07, 6.45) is 7.65. The molecule has 1 unspecified atom stereocenters. The summed E-state index contributed by atoms with van der Waals surface area (Å²) in [7, 11) is 1.35. The SMILES string of the molecule is COC(=O)c1cncc(Cc2ccc(C3CCCN3C(C)=O)nc2)c1. The van der Waals surface area contributed by atoms with E-state index in [9.17, 15) is 9.59 Å². The fourth-order valence-electron chi connectivity index (χ4n) is 3.24. The van der Waals surface area contributed by atoms with Gasteiger partial charge in [-0.3, -0.25) is 14.8 Å². The Bertz CT molecular complexity index is 774. The van der Waals surface area contributed by atoms with Crippen LogP contribution in [0.15, 0.2) is 36.8 Å². The Morgan fingerprint density at radius 2 is 2.08 bits per heavy atom. The Morgan fingerprint density at radius 3 is 2.76 bits per heavy atom. The molecule has 0 bridgehead atoms. The Morgan fingerprint density at radius 1 is 1.24 bits per heavy atom. The minimum Gasteiger partial charge on any atom is -0.465 e. The largest absolute Gasteiger partial charge is 0.465 e. The normalized spacial score (nSPS) is 16.7. The van der Waals surface area contributed by atoms with Gasteiger partial charge in [0.15, 0.2) is 0 Å². The monoisotopic (exact) mass is 339 g/mol. The highest BCUT2D eigenvalue weighted by atomic mass is 16.5. The first-order chi connectivity index (χ1) is 12.1. The number of carbonyl (C=O) groups excluding carboxylic acids is 2. The number of pyridine rings is 2. The van der Waals surface area contributed by atoms with Crippen LogP contribution in [0.25, 0.3) is 0 Å². The third-order valence-corrected chi connectivity index (χ3v) is 4.47. The highest BCUT2D eigenvalue weighted by Crippen LogP contribution is 2.30. The van der Waals surface area contributed by atoms with E-state index < -0.39 is 5.97 Å². The standard InChI is InChI=1S/C19H21N3O3/c1-13(23)22-7-3-4-18(22)17-6-5-14(11-21-17)8-15-9-16(12-20-10-15)19(24)25-2/h5-6,9-12,18H,3-4,7-8H2,1-2H3. The molecule has 1 saturated heterocycles. The van der Waals surface area contributed by atoms with E-state index in [1.807, 2.05) is 23.2 Å². The van der Waals surface area contributed by atoms with Gasteiger partial charge in [0.2, 0.25) is 5.91 Å². The van der Waals surface area contributed by atoms with Crippen LogP contribution >= 0.6 is 0 Å². The van der Waals surface area contributed by atoms with Crippen LogP contribution in [-0.4, -0.2) is 40.4 Å². The van der Waals surface area contributed by atoms with Gasteiger partial charge in [-0.15, -0.1) is 0 Å². The van der Waals surface area contributed by atoms with Gasteiger partial charge in [0.05, 0.1) is 24.4 Å². The third-order valence-electron chi connectivity index (χ3n) is 4.47. The maximum atomic E-state index is 11.7. The molecule has 1 aliphatic rings. The first-order valence-corrected chi connectivity index (χ1v) is 8.32. The smallest absolute Gasteiger partial charge is 0.339 e. The zero-order valence-corrected chi connectivity index (χ0v) is 14.4. The Hall–Kier alpha value is -2.76. The van der Waals surface area contributed by atoms with E-state index >= 15 is 0 Å². The zero-order chi connectivity index (χ0) is 17.8. The van der Waals surface area contributed by atoms with Crippen LogP contribution < -0.4 is 0 Å². The molecule has 0 spiro atoms. The molecule has 0 aliphatic carbocycles. The molecule has 1 fully saturated rings. The van der Waals surface area contributed by atoms with E-state index in [-0.39, 0.29) is 11.9 Å². The number of carbonyl (C=O) groups is 2. The van der Waals surface area contributed by atoms with Gasteiger partial charge < -0.3 is 9.64 Å². The van der Waals surface area contributed by atoms with Crippen LogP contribution in [0.4, 0.5) is 0 Å². The molecular formula is C19H21N3O3. The number of hydrogen-bond acceptors (Lipinski definition) is 5. The summed E-state index contributed by atoms with van der Waals surface area (Å²) < 4.78 is 4.72. The molecule has 0 N–H and O–H groups in total. The van der Waals surface area contributed by atoms with Gasteiger partial charge in [0.1, 0.15) is 0 Å². The molecule has 6 heteroatoms. The van der Waals surface area contributed by atoms with Crippen molar-refractivity contribution < 1.29 is 14.3 Å². The predicted octanol–water partition coefficient (Wildman–Crippen LogP) is 2.54. The average molecular weight is 339 g/mol. The lowest BCUT2D eigenvalue weighted by Crippen LogP contribution is -2.28. The second kappa shape index (κ2) is 7.42. The summed E-state index contributed by atoms with van der Waals surface area (Å²) in [6.45, 7) is 2.41. The Labute approximate surface area is 146 Å². The lowest BCUT2D eigenvalue weighted by Gasteiger charge is -2.22. The quantitative estimate of drug-likeness (QED) is 0.801. The van der Waals surface area contributed by atoms with E-state index in [0.717, 1.165) is 36.2 Å². The highest BCUT2D eigenvalue weighted by molar-refractivity contribution is 5.89. The van der Waals surface area contributed by atoms with Crippen molar-refractivity contribution in [1.82, 2.24) is 14.9 Å². The van der Waals surface area contributed by atoms with Crippen molar-refractivity contribution >= 4 is 11.9 Å². The first kappa shape index (κ1) is 17.1. The topological polar surface area (TPSA) is 72.4 Å². The third kappa shape index (κ3) is 3.84. The minimum atomic E-state index is -0.395. The second-order valence-corrected chi connectivity index (χ2v) is 6.21. The molecule has 6 nitrogen and oxygen atoms in total. The Balaban J connectivity index is 1.73. The van der Waals surface area contributed by atoms with Crippen molar-refractivity contribution in [3.05, 3.63) is 59.2 Å². The maximum Gasteiger partial charge on any atom is 0.339 e. The number of amides is 1. The molecule has 0 aromatic carbocycles. The maximum absolute atomic E-state index is 11.7. The fourth-order valence-corrected chi connectivity index (χ4v) is 3.24. The number of nitrogens with zero attached hydrogens (tertiary/aromatic N) is 3. The number of methoxy groups -OCH3 is 1. The Kier molecular flexibility index (Phi) is 5.07. The molecule has 2 aromatic rings. The van der Waals surface area contributed by atoms with Crippen LogP contribution in [-0.2, 0) is 16.0 Å². The number of esters is 1. The van der Waals surface area contributed by atoms with Gasteiger partial charge in [-0.1, -0.05) is 6.07 Å². The van der Waals surface area contributed by atoms with E-state index in [4.69, 9.17) is 4.74 Å². The second-order valence-electron chi connectivity index (χ2n) is 6.21. The van der Waals surface area contributed by atoms with Crippen molar-refractivity contribution in [3.63, 3.8) is 0 Å². The van der Waals surface area contributed by atoms with Crippen LogP contribution in [0.3, 0.4) is 0 Å². The molecule has 3 rings (SSSR count). The molecule has 25 heavy (non-hydrogen) atoms. The molecule has 1 amide bonds. The van der Waals surface area contributed by atoms with Gasteiger partial charge >= 0.3 is 5.97 Å². The van der Waals surface area contributed by atoms with Crippen LogP contribution in [0.2, 0.25) is 0 Å². The molecule has 2 aromatic heterocycles. The summed E-state index contributed by atoms with van der Waals surface area (Å²) in [5.41, 5.74) is 3.31. The first-order valence-electron chi connectivity index (χ1n) is 8.32. The summed E-state index contributed by atoms with van der Waals surface area (Å²) in [6, 6.07) is 5.86. The number of aromatic nitrogens is 2. The van der Waals surface area contributed by atoms with E-state index in [0.29, 0.717) is 12.0 Å². The average Bonchev–Trinajstić information content (AvgIpc) is 3.12. The molecule has 3 heterocycles. The lowest BCUT2D eigenvalue weighted by atomic mass is 10.0. The minimum absolute atomic E-state index is 0.0795. The molecule has 130 valence electrons. The molecule has 1 atom stereocenters. The van der Waals surface area contributed by atoms with Crippen LogP contribution in [0, 0.1) is 0 Å². The van der Waals surface area contributed by atoms with Crippen molar-refractivity contribution in [2.45, 2.75) is 32.2 Å². The summed E-state index contributed by atoms with van der Waals surface area (Å²) in [5.74, 6) is -0.299. The number of rotatable bonds is 4. The van der Waals surface area contributed by atoms with E-state index in [2.05, 4.69) is 9.97 Å². The molecule has 1 aliphatic heterocycles. The lowest BCUT2D eigenvalue weighted by molar-refractivity contribution is -0.129. The van der Waals surface area contributed by atoms with Crippen LogP contribution in [0.5, 0.6) is 0 Å². The van der Waals surface area contributed by atoms with Gasteiger partial charge in [-0.2, -0.15) is 0 Å². The predicted molar refractivity (Wildman–Crippen MR) is 92.0 cm³/mol. The number of ether oxygens (including phenoxy) is 1. The number of likely N-dealkylation sites (tertiary alicyclic amines) is 1. The molecular weight excluding hydrogens is 318 g/mol. The molecule has 0 radical (unpaired) electrons. The van der Waals surface area contributed by atoms with Gasteiger partial charge in [0, 0.05) is 38.5 Å². The molecule has 0 saturated carbocycles. The van der Waals surface area contributed by atoms with Crippen molar-refractivity contribution in [2.24, 2.45) is 0 Å². The summed E-state index contributed by atoms with van der Waals surface area (Å²) >= 11 is 0. The van der Waals surface area contributed by atoms with E-state index in [1.165, 1.54) is 13.3 Å². The van der Waals surface area contributed by atoms with Gasteiger partial charge in [-0.25, -0.2) is 4.79 Å². The zero-order valence-electron chi connectivity index (χ0n) is 14.4. The van der Waals surface area contributed by atoms with Crippen molar-refractivity contribution in [3.8, 4) is 0 Å².